The predicted molar refractivity (Wildman–Crippen MR) is 91.3 cm³/mol. The second-order valence-electron chi connectivity index (χ2n) is 4.98. The van der Waals surface area contributed by atoms with E-state index in [1.54, 1.807) is 0 Å². The lowest BCUT2D eigenvalue weighted by molar-refractivity contribution is -0.117. The lowest BCUT2D eigenvalue weighted by Crippen LogP contribution is -2.27. The normalized spacial score (nSPS) is 12.2. The van der Waals surface area contributed by atoms with E-state index in [9.17, 15) is 4.79 Å². The maximum Gasteiger partial charge on any atom is 0.263 e. The number of aryl methyl sites for hydroxylation is 1. The summed E-state index contributed by atoms with van der Waals surface area (Å²) in [6.45, 7) is 6.77. The van der Waals surface area contributed by atoms with E-state index in [0.29, 0.717) is 19.0 Å². The molecule has 0 heterocycles. The Hall–Kier alpha value is -2.19. The summed E-state index contributed by atoms with van der Waals surface area (Å²) in [5, 5.41) is 14.7. The number of carbonyl (C=O) groups excluding carboxylic acids is 1. The third kappa shape index (κ3) is 5.84. The molecule has 23 heavy (non-hydrogen) atoms. The Kier molecular flexibility index (Phi) is 8.00. The fourth-order valence-corrected chi connectivity index (χ4v) is 2.09. The summed E-state index contributed by atoms with van der Waals surface area (Å²) in [7, 11) is 0. The summed E-state index contributed by atoms with van der Waals surface area (Å²) >= 11 is 5.52. The van der Waals surface area contributed by atoms with Gasteiger partial charge in [0.15, 0.2) is 0 Å². The van der Waals surface area contributed by atoms with Gasteiger partial charge in [-0.3, -0.25) is 4.79 Å². The molecule has 0 bridgehead atoms. The van der Waals surface area contributed by atoms with Crippen molar-refractivity contribution in [2.75, 3.05) is 19.0 Å². The van der Waals surface area contributed by atoms with Crippen LogP contribution in [0, 0.1) is 18.3 Å². The van der Waals surface area contributed by atoms with Crippen LogP contribution >= 0.6 is 11.6 Å². The van der Waals surface area contributed by atoms with Gasteiger partial charge in [0.2, 0.25) is 0 Å². The molecule has 6 heteroatoms. The molecule has 124 valence electrons. The van der Waals surface area contributed by atoms with Gasteiger partial charge in [-0.2, -0.15) is 5.26 Å². The summed E-state index contributed by atoms with van der Waals surface area (Å²) in [6.07, 6.45) is 1.42. The largest absolute Gasteiger partial charge is 0.494 e. The molecule has 0 fully saturated rings. The van der Waals surface area contributed by atoms with Gasteiger partial charge in [-0.15, -0.1) is 11.6 Å². The van der Waals surface area contributed by atoms with E-state index < -0.39 is 5.91 Å². The van der Waals surface area contributed by atoms with Crippen LogP contribution in [0.25, 0.3) is 0 Å². The number of hydrogen-bond donors (Lipinski definition) is 2. The first kappa shape index (κ1) is 18.9. The fraction of sp³-hybridized carbons (Fsp3) is 0.412. The maximum atomic E-state index is 11.8. The zero-order valence-corrected chi connectivity index (χ0v) is 14.4. The van der Waals surface area contributed by atoms with Gasteiger partial charge in [0.1, 0.15) is 17.4 Å². The molecule has 0 aliphatic rings. The van der Waals surface area contributed by atoms with Gasteiger partial charge in [0, 0.05) is 24.2 Å². The Morgan fingerprint density at radius 3 is 2.87 bits per heavy atom. The first-order valence-electron chi connectivity index (χ1n) is 7.47. The van der Waals surface area contributed by atoms with Crippen LogP contribution in [0.1, 0.15) is 31.0 Å². The van der Waals surface area contributed by atoms with Gasteiger partial charge >= 0.3 is 0 Å². The van der Waals surface area contributed by atoms with E-state index in [4.69, 9.17) is 21.6 Å². The summed E-state index contributed by atoms with van der Waals surface area (Å²) < 4.78 is 5.63. The maximum absolute atomic E-state index is 11.8. The monoisotopic (exact) mass is 335 g/mol. The lowest BCUT2D eigenvalue weighted by atomic mass is 10.0. The standard InChI is InChI=1S/C17H22ClN3O2/c1-4-23-16-6-5-12(2)9-15(16)13(3)21-11-14(10-19)17(22)20-8-7-18/h5-6,9,11,13,21H,4,7-8H2,1-3H3,(H,20,22)/b14-11-. The highest BCUT2D eigenvalue weighted by Gasteiger charge is 2.13. The van der Waals surface area contributed by atoms with Crippen LogP contribution in [-0.2, 0) is 4.79 Å². The van der Waals surface area contributed by atoms with Crippen LogP contribution in [0.15, 0.2) is 30.0 Å². The van der Waals surface area contributed by atoms with Crippen molar-refractivity contribution in [2.45, 2.75) is 26.8 Å². The van der Waals surface area contributed by atoms with Gasteiger partial charge in [-0.1, -0.05) is 17.7 Å². The molecule has 5 nitrogen and oxygen atoms in total. The van der Waals surface area contributed by atoms with Crippen molar-refractivity contribution >= 4 is 17.5 Å². The zero-order chi connectivity index (χ0) is 17.2. The molecule has 0 saturated heterocycles. The van der Waals surface area contributed by atoms with Gasteiger partial charge in [-0.25, -0.2) is 0 Å². The zero-order valence-electron chi connectivity index (χ0n) is 13.6. The van der Waals surface area contributed by atoms with Crippen LogP contribution in [0.4, 0.5) is 0 Å². The molecule has 0 saturated carbocycles. The average Bonchev–Trinajstić information content (AvgIpc) is 2.55. The Morgan fingerprint density at radius 1 is 1.52 bits per heavy atom. The third-order valence-electron chi connectivity index (χ3n) is 3.15. The Morgan fingerprint density at radius 2 is 2.26 bits per heavy atom. The molecular formula is C17H22ClN3O2. The SMILES string of the molecule is CCOc1ccc(C)cc1C(C)N/C=C(/C#N)C(=O)NCCCl. The van der Waals surface area contributed by atoms with Crippen molar-refractivity contribution in [3.8, 4) is 11.8 Å². The number of carbonyl (C=O) groups is 1. The summed E-state index contributed by atoms with van der Waals surface area (Å²) in [4.78, 5) is 11.8. The molecular weight excluding hydrogens is 314 g/mol. The number of ether oxygens (including phenoxy) is 1. The van der Waals surface area contributed by atoms with Gasteiger partial charge in [-0.05, 0) is 26.8 Å². The first-order chi connectivity index (χ1) is 11.0. The van der Waals surface area contributed by atoms with E-state index in [1.807, 2.05) is 45.0 Å². The molecule has 0 aliphatic heterocycles. The van der Waals surface area contributed by atoms with Crippen molar-refractivity contribution in [2.24, 2.45) is 0 Å². The highest BCUT2D eigenvalue weighted by Crippen LogP contribution is 2.26. The molecule has 1 aromatic rings. The Labute approximate surface area is 142 Å². The molecule has 1 unspecified atom stereocenters. The summed E-state index contributed by atoms with van der Waals surface area (Å²) in [5.74, 6) is 0.647. The first-order valence-corrected chi connectivity index (χ1v) is 8.00. The number of nitrogens with one attached hydrogen (secondary N) is 2. The van der Waals surface area contributed by atoms with Gasteiger partial charge < -0.3 is 15.4 Å². The van der Waals surface area contributed by atoms with Gasteiger partial charge in [0.25, 0.3) is 5.91 Å². The number of nitrogens with zero attached hydrogens (tertiary/aromatic N) is 1. The molecule has 0 aromatic heterocycles. The number of alkyl halides is 1. The number of amides is 1. The van der Waals surface area contributed by atoms with E-state index in [1.165, 1.54) is 6.20 Å². The number of rotatable bonds is 8. The molecule has 1 aromatic carbocycles. The van der Waals surface area contributed by atoms with Crippen molar-refractivity contribution in [1.82, 2.24) is 10.6 Å². The van der Waals surface area contributed by atoms with Crippen LogP contribution in [0.5, 0.6) is 5.75 Å². The van der Waals surface area contributed by atoms with E-state index in [2.05, 4.69) is 10.6 Å². The molecule has 0 radical (unpaired) electrons. The fourth-order valence-electron chi connectivity index (χ4n) is 2.00. The van der Waals surface area contributed by atoms with Crippen molar-refractivity contribution in [1.29, 1.82) is 5.26 Å². The minimum absolute atomic E-state index is 0.00702. The van der Waals surface area contributed by atoms with E-state index in [-0.39, 0.29) is 11.6 Å². The summed E-state index contributed by atoms with van der Waals surface area (Å²) in [6, 6.07) is 7.70. The van der Waals surface area contributed by atoms with Crippen molar-refractivity contribution < 1.29 is 9.53 Å². The highest BCUT2D eigenvalue weighted by molar-refractivity contribution is 6.18. The van der Waals surface area contributed by atoms with E-state index in [0.717, 1.165) is 16.9 Å². The van der Waals surface area contributed by atoms with Crippen LogP contribution in [-0.4, -0.2) is 24.9 Å². The minimum Gasteiger partial charge on any atom is -0.494 e. The minimum atomic E-state index is -0.442. The van der Waals surface area contributed by atoms with Gasteiger partial charge in [0.05, 0.1) is 12.6 Å². The predicted octanol–water partition coefficient (Wildman–Crippen LogP) is 2.81. The highest BCUT2D eigenvalue weighted by atomic mass is 35.5. The lowest BCUT2D eigenvalue weighted by Gasteiger charge is -2.18. The smallest absolute Gasteiger partial charge is 0.263 e. The Balaban J connectivity index is 2.88. The molecule has 2 N–H and O–H groups in total. The van der Waals surface area contributed by atoms with E-state index >= 15 is 0 Å². The Bertz CT molecular complexity index is 608. The second kappa shape index (κ2) is 9.75. The van der Waals surface area contributed by atoms with Crippen LogP contribution < -0.4 is 15.4 Å². The number of benzene rings is 1. The molecule has 0 aliphatic carbocycles. The van der Waals surface area contributed by atoms with Crippen molar-refractivity contribution in [3.05, 3.63) is 41.1 Å². The molecule has 1 amide bonds. The van der Waals surface area contributed by atoms with Crippen LogP contribution in [0.2, 0.25) is 0 Å². The molecule has 1 atom stereocenters. The summed E-state index contributed by atoms with van der Waals surface area (Å²) in [5.41, 5.74) is 2.09. The number of hydrogen-bond acceptors (Lipinski definition) is 4. The second-order valence-corrected chi connectivity index (χ2v) is 5.36. The molecule has 1 rings (SSSR count). The average molecular weight is 336 g/mol. The van der Waals surface area contributed by atoms with Crippen LogP contribution in [0.3, 0.4) is 0 Å². The van der Waals surface area contributed by atoms with Crippen molar-refractivity contribution in [3.63, 3.8) is 0 Å². The topological polar surface area (TPSA) is 74.1 Å². The molecule has 0 spiro atoms. The number of nitriles is 1. The number of halogens is 1. The third-order valence-corrected chi connectivity index (χ3v) is 3.34. The quantitative estimate of drug-likeness (QED) is 0.435.